The Labute approximate surface area is 118 Å². The molecule has 0 saturated heterocycles. The molecule has 0 aromatic carbocycles. The summed E-state index contributed by atoms with van der Waals surface area (Å²) in [6.45, 7) is 0. The Morgan fingerprint density at radius 2 is 1.00 bits per heavy atom. The predicted molar refractivity (Wildman–Crippen MR) is 17.9 cm³/mol. The SMILES string of the molecule is [Cd].[Ge].[O-2].[Pb+2].[Sn].[Zn]. The molecule has 22 valence electrons. The summed E-state index contributed by atoms with van der Waals surface area (Å²) >= 11 is 0. The first kappa shape index (κ1) is 52.9. The molecule has 0 aliphatic rings. The van der Waals surface area contributed by atoms with E-state index in [9.17, 15) is 0 Å². The van der Waals surface area contributed by atoms with Crippen LogP contribution < -0.4 is 0 Å². The van der Waals surface area contributed by atoms with Crippen molar-refractivity contribution in [2.45, 2.75) is 0 Å². The summed E-state index contributed by atoms with van der Waals surface area (Å²) in [6.07, 6.45) is 0. The Balaban J connectivity index is 0. The van der Waals surface area contributed by atoms with Crippen LogP contribution in [0.1, 0.15) is 0 Å². The third-order valence-electron chi connectivity index (χ3n) is 0. The van der Waals surface area contributed by atoms with Crippen LogP contribution in [0.15, 0.2) is 0 Å². The van der Waals surface area contributed by atoms with Gasteiger partial charge in [-0.15, -0.1) is 0 Å². The molecule has 0 saturated carbocycles. The van der Waals surface area contributed by atoms with Gasteiger partial charge in [0.15, 0.2) is 0 Å². The molecule has 0 heterocycles. The summed E-state index contributed by atoms with van der Waals surface area (Å²) < 4.78 is 0. The van der Waals surface area contributed by atoms with Gasteiger partial charge in [-0.25, -0.2) is 0 Å². The van der Waals surface area contributed by atoms with Crippen LogP contribution in [0.25, 0.3) is 0 Å². The van der Waals surface area contributed by atoms with Crippen LogP contribution in [0.2, 0.25) is 0 Å². The molecule has 0 aliphatic carbocycles. The second-order valence-electron chi connectivity index (χ2n) is 0. The van der Waals surface area contributed by atoms with Gasteiger partial charge in [0.05, 0.1) is 0 Å². The van der Waals surface area contributed by atoms with Gasteiger partial charge in [0.2, 0.25) is 0 Å². The Morgan fingerprint density at radius 1 is 1.00 bits per heavy atom. The Kier molecular flexibility index (Phi) is 328. The normalized spacial score (nSPS) is 0. The number of hydrogen-bond acceptors (Lipinski definition) is 0. The van der Waals surface area contributed by atoms with Crippen LogP contribution >= 0.6 is 0 Å². The molecule has 0 aliphatic heterocycles. The third kappa shape index (κ3) is 25.1. The second-order valence-corrected chi connectivity index (χ2v) is 0. The molecule has 0 bridgehead atoms. The standard InChI is InChI=1S/Cd.Ge.O.Pb.Sn.Zn/q;;-2;+2;;. The summed E-state index contributed by atoms with van der Waals surface area (Å²) in [5.41, 5.74) is 0. The van der Waals surface area contributed by atoms with Gasteiger partial charge in [0.25, 0.3) is 0 Å². The topological polar surface area (TPSA) is 28.5 Å². The quantitative estimate of drug-likeness (QED) is 0.315. The first-order valence-electron chi connectivity index (χ1n) is 0. The van der Waals surface area contributed by atoms with Crippen LogP contribution in [0.4, 0.5) is 0 Å². The van der Waals surface area contributed by atoms with Crippen LogP contribution in [-0.2, 0) is 52.3 Å². The van der Waals surface area contributed by atoms with Crippen LogP contribution in [0.5, 0.6) is 0 Å². The van der Waals surface area contributed by atoms with E-state index in [0.29, 0.717) is 0 Å². The van der Waals surface area contributed by atoms with E-state index in [4.69, 9.17) is 0 Å². The number of rotatable bonds is 0. The third-order valence-corrected chi connectivity index (χ3v) is 0. The van der Waals surface area contributed by atoms with Crippen LogP contribution in [0, 0.1) is 0 Å². The van der Waals surface area contributed by atoms with E-state index in [0.717, 1.165) is 0 Å². The maximum atomic E-state index is 0. The van der Waals surface area contributed by atoms with E-state index in [1.54, 1.807) is 0 Å². The maximum Gasteiger partial charge on any atom is 2.00 e. The molecule has 0 aromatic heterocycles. The van der Waals surface area contributed by atoms with Crippen molar-refractivity contribution in [1.29, 1.82) is 0 Å². The average Bonchev–Trinajstić information content (AvgIpc) is 0. The summed E-state index contributed by atoms with van der Waals surface area (Å²) in [4.78, 5) is 0. The van der Waals surface area contributed by atoms with Crippen molar-refractivity contribution in [3.05, 3.63) is 0 Å². The van der Waals surface area contributed by atoms with Crippen molar-refractivity contribution in [1.82, 2.24) is 0 Å². The van der Waals surface area contributed by atoms with E-state index < -0.39 is 0 Å². The molecular weight excluding hydrogens is 592 g/mol. The van der Waals surface area contributed by atoms with Gasteiger partial charge in [-0.3, -0.25) is 0 Å². The fourth-order valence-electron chi connectivity index (χ4n) is 0. The van der Waals surface area contributed by atoms with Crippen molar-refractivity contribution >= 4 is 68.8 Å². The summed E-state index contributed by atoms with van der Waals surface area (Å²) in [7, 11) is 0. The zero-order valence-corrected chi connectivity index (χ0v) is 19.2. The van der Waals surface area contributed by atoms with E-state index in [-0.39, 0.29) is 121 Å². The number of hydrogen-bond donors (Lipinski definition) is 0. The largest absolute Gasteiger partial charge is 2.00 e. The Hall–Kier alpha value is 3.77. The van der Waals surface area contributed by atoms with Crippen molar-refractivity contribution < 1.29 is 52.3 Å². The average molecular weight is 592 g/mol. The maximum absolute atomic E-state index is 0. The van der Waals surface area contributed by atoms with Gasteiger partial charge >= 0.3 is 27.3 Å². The first-order chi connectivity index (χ1) is 0. The predicted octanol–water partition coefficient (Wildman–Crippen LogP) is -1.27. The van der Waals surface area contributed by atoms with Gasteiger partial charge in [0, 0.05) is 88.3 Å². The molecule has 0 unspecified atom stereocenters. The van der Waals surface area contributed by atoms with Crippen molar-refractivity contribution in [2.24, 2.45) is 0 Å². The van der Waals surface area contributed by atoms with Gasteiger partial charge in [-0.2, -0.15) is 0 Å². The van der Waals surface area contributed by atoms with Gasteiger partial charge in [-0.1, -0.05) is 0 Å². The molecule has 0 spiro atoms. The smallest absolute Gasteiger partial charge is 2.00 e. The molecule has 10 radical (unpaired) electrons. The molecular formula is CdGeOPbSnZn. The van der Waals surface area contributed by atoms with Gasteiger partial charge in [-0.05, 0) is 0 Å². The minimum absolute atomic E-state index is 0. The molecule has 0 aromatic rings. The summed E-state index contributed by atoms with van der Waals surface area (Å²) in [5.74, 6) is 0. The Bertz CT molecular complexity index is 15.5. The fraction of sp³-hybridized carbons (Fsp3) is 0. The molecule has 0 amide bonds. The van der Waals surface area contributed by atoms with E-state index in [1.807, 2.05) is 0 Å². The Morgan fingerprint density at radius 3 is 1.00 bits per heavy atom. The summed E-state index contributed by atoms with van der Waals surface area (Å²) in [6, 6.07) is 0. The minimum atomic E-state index is 0. The molecule has 1 nitrogen and oxygen atoms in total. The zero-order chi connectivity index (χ0) is 0. The summed E-state index contributed by atoms with van der Waals surface area (Å²) in [5, 5.41) is 0. The van der Waals surface area contributed by atoms with Crippen molar-refractivity contribution in [3.63, 3.8) is 0 Å². The molecule has 0 fully saturated rings. The van der Waals surface area contributed by atoms with E-state index in [1.165, 1.54) is 0 Å². The molecule has 0 rings (SSSR count). The second kappa shape index (κ2) is 37.3. The first-order valence-corrected chi connectivity index (χ1v) is 0. The van der Waals surface area contributed by atoms with Gasteiger partial charge < -0.3 is 5.48 Å². The minimum Gasteiger partial charge on any atom is -2.00 e. The molecule has 0 N–H and O–H groups in total. The van der Waals surface area contributed by atoms with Crippen molar-refractivity contribution in [3.8, 4) is 0 Å². The van der Waals surface area contributed by atoms with Gasteiger partial charge in [0.1, 0.15) is 0 Å². The van der Waals surface area contributed by atoms with E-state index >= 15 is 0 Å². The van der Waals surface area contributed by atoms with Crippen molar-refractivity contribution in [2.75, 3.05) is 0 Å². The molecule has 0 atom stereocenters. The van der Waals surface area contributed by atoms with Crippen LogP contribution in [0.3, 0.4) is 0 Å². The molecule has 6 heteroatoms. The fourth-order valence-corrected chi connectivity index (χ4v) is 0. The van der Waals surface area contributed by atoms with Crippen LogP contribution in [-0.4, -0.2) is 68.8 Å². The monoisotopic (exact) mass is 596 g/mol. The zero-order valence-electron chi connectivity index (χ0n) is 3.32. The molecule has 6 heavy (non-hydrogen) atoms. The van der Waals surface area contributed by atoms with E-state index in [2.05, 4.69) is 0 Å².